The Balaban J connectivity index is 0.00000144. The fraction of sp³-hybridized carbons (Fsp3) is 1.00. The maximum atomic E-state index is 10.6. The van der Waals surface area contributed by atoms with Gasteiger partial charge in [-0.2, -0.15) is 0 Å². The summed E-state index contributed by atoms with van der Waals surface area (Å²) in [5, 5.41) is 9.43. The summed E-state index contributed by atoms with van der Waals surface area (Å²) in [5.74, 6) is 0. The van der Waals surface area contributed by atoms with E-state index >= 15 is 0 Å². The first-order valence-electron chi connectivity index (χ1n) is 3.64. The number of hydrogen-bond donors (Lipinski definition) is 1. The van der Waals surface area contributed by atoms with E-state index in [1.807, 2.05) is 0 Å². The van der Waals surface area contributed by atoms with E-state index in [1.54, 1.807) is 18.9 Å². The molecule has 0 aromatic carbocycles. The molecule has 2 unspecified atom stereocenters. The largest absolute Gasteiger partial charge is 1.00 e. The maximum absolute atomic E-state index is 10.6. The second-order valence-electron chi connectivity index (χ2n) is 3.37. The Morgan fingerprint density at radius 3 is 2.23 bits per heavy atom. The van der Waals surface area contributed by atoms with Gasteiger partial charge in [0.1, 0.15) is 10.1 Å². The van der Waals surface area contributed by atoms with Crippen LogP contribution in [-0.2, 0) is 10.1 Å². The molecule has 1 fully saturated rings. The first-order valence-corrected chi connectivity index (χ1v) is 5.05. The molecule has 1 N–H and O–H groups in total. The number of aliphatic hydroxyl groups is 1. The summed E-state index contributed by atoms with van der Waals surface area (Å²) in [5.41, 5.74) is 0. The molecule has 1 heterocycles. The minimum absolute atomic E-state index is 0. The first kappa shape index (κ1) is 13.8. The van der Waals surface area contributed by atoms with Gasteiger partial charge in [-0.05, 0) is 14.0 Å². The molecule has 0 aromatic heterocycles. The molecule has 0 bridgehead atoms. The van der Waals surface area contributed by atoms with E-state index in [1.165, 1.54) is 0 Å². The van der Waals surface area contributed by atoms with Crippen LogP contribution < -0.4 is 29.6 Å². The molecule has 1 saturated heterocycles. The third-order valence-electron chi connectivity index (χ3n) is 2.33. The first-order chi connectivity index (χ1) is 5.26. The average molecular weight is 217 g/mol. The number of β-amino-alcohol motifs (C(OH)–C–C–N with tert-alkyl or cyclic N) is 1. The number of hydrogen-bond acceptors (Lipinski definition) is 5. The summed E-state index contributed by atoms with van der Waals surface area (Å²) >= 11 is 0. The molecule has 0 spiro atoms. The van der Waals surface area contributed by atoms with Crippen molar-refractivity contribution >= 4 is 10.1 Å². The summed E-state index contributed by atoms with van der Waals surface area (Å²) in [6.45, 7) is 1.67. The van der Waals surface area contributed by atoms with Crippen molar-refractivity contribution in [1.82, 2.24) is 4.90 Å². The van der Waals surface area contributed by atoms with Crippen LogP contribution in [0.15, 0.2) is 0 Å². The van der Waals surface area contributed by atoms with Crippen LogP contribution in [0.1, 0.15) is 13.3 Å². The Morgan fingerprint density at radius 1 is 1.62 bits per heavy atom. The van der Waals surface area contributed by atoms with Gasteiger partial charge < -0.3 is 9.66 Å². The standard InChI is InChI=1S/C6H13NO4S.Na/c1-5-3-6(8,4-7(5)2)12(9,10)11;/h5,8H,3-4H2,1-2H3,(H,9,10,11);/q;+1/p-1. The van der Waals surface area contributed by atoms with Gasteiger partial charge in [-0.25, -0.2) is 8.42 Å². The minimum Gasteiger partial charge on any atom is -0.746 e. The fourth-order valence-corrected chi connectivity index (χ4v) is 2.22. The zero-order chi connectivity index (χ0) is 9.57. The summed E-state index contributed by atoms with van der Waals surface area (Å²) in [6, 6.07) is -0.0706. The monoisotopic (exact) mass is 217 g/mol. The number of nitrogens with zero attached hydrogens (tertiary/aromatic N) is 1. The SMILES string of the molecule is CC1CC(O)(S(=O)(=O)[O-])CN1C.[Na+]. The molecule has 5 nitrogen and oxygen atoms in total. The van der Waals surface area contributed by atoms with Crippen LogP contribution in [0.5, 0.6) is 0 Å². The van der Waals surface area contributed by atoms with Crippen molar-refractivity contribution in [3.63, 3.8) is 0 Å². The van der Waals surface area contributed by atoms with Crippen molar-refractivity contribution < 1.29 is 47.6 Å². The van der Waals surface area contributed by atoms with Crippen LogP contribution in [0.4, 0.5) is 0 Å². The van der Waals surface area contributed by atoms with Crippen LogP contribution in [0.25, 0.3) is 0 Å². The van der Waals surface area contributed by atoms with Crippen molar-refractivity contribution in [2.75, 3.05) is 13.6 Å². The van der Waals surface area contributed by atoms with Gasteiger partial charge in [0.15, 0.2) is 4.93 Å². The molecule has 1 aliphatic rings. The van der Waals surface area contributed by atoms with E-state index in [9.17, 15) is 18.1 Å². The molecule has 1 aliphatic heterocycles. The van der Waals surface area contributed by atoms with E-state index in [-0.39, 0.29) is 48.6 Å². The van der Waals surface area contributed by atoms with Crippen LogP contribution in [0, 0.1) is 0 Å². The molecule has 72 valence electrons. The van der Waals surface area contributed by atoms with Gasteiger partial charge >= 0.3 is 29.6 Å². The van der Waals surface area contributed by atoms with Crippen LogP contribution >= 0.6 is 0 Å². The molecule has 2 atom stereocenters. The Hall–Kier alpha value is 0.830. The second kappa shape index (κ2) is 4.14. The normalized spacial score (nSPS) is 35.8. The van der Waals surface area contributed by atoms with Crippen LogP contribution in [0.3, 0.4) is 0 Å². The van der Waals surface area contributed by atoms with E-state index in [0.29, 0.717) is 0 Å². The predicted octanol–water partition coefficient (Wildman–Crippen LogP) is -4.05. The summed E-state index contributed by atoms with van der Waals surface area (Å²) in [6.07, 6.45) is -0.00463. The second-order valence-corrected chi connectivity index (χ2v) is 5.04. The Labute approximate surface area is 100 Å². The van der Waals surface area contributed by atoms with Crippen molar-refractivity contribution in [3.05, 3.63) is 0 Å². The zero-order valence-corrected chi connectivity index (χ0v) is 10.8. The van der Waals surface area contributed by atoms with Gasteiger partial charge in [0.05, 0.1) is 0 Å². The number of likely N-dealkylation sites (N-methyl/N-ethyl adjacent to an activating group) is 1. The zero-order valence-electron chi connectivity index (χ0n) is 8.02. The minimum atomic E-state index is -4.60. The fourth-order valence-electron chi connectivity index (χ4n) is 1.41. The van der Waals surface area contributed by atoms with Gasteiger partial charge in [-0.15, -0.1) is 0 Å². The summed E-state index contributed by atoms with van der Waals surface area (Å²) in [7, 11) is -2.93. The van der Waals surface area contributed by atoms with E-state index in [0.717, 1.165) is 0 Å². The molecule has 0 saturated carbocycles. The molecule has 0 aromatic rings. The van der Waals surface area contributed by atoms with Crippen LogP contribution in [-0.4, -0.2) is 47.5 Å². The maximum Gasteiger partial charge on any atom is 1.00 e. The Kier molecular flexibility index (Phi) is 4.40. The van der Waals surface area contributed by atoms with Gasteiger partial charge in [0, 0.05) is 19.0 Å². The molecule has 0 radical (unpaired) electrons. The molecular formula is C6H12NNaO4S. The number of likely N-dealkylation sites (tertiary alicyclic amines) is 1. The third kappa shape index (κ3) is 2.65. The van der Waals surface area contributed by atoms with Crippen molar-refractivity contribution in [1.29, 1.82) is 0 Å². The summed E-state index contributed by atoms with van der Waals surface area (Å²) in [4.78, 5) is -0.434. The quantitative estimate of drug-likeness (QED) is 0.357. The van der Waals surface area contributed by atoms with Crippen molar-refractivity contribution in [2.45, 2.75) is 24.3 Å². The van der Waals surface area contributed by atoms with Crippen molar-refractivity contribution in [2.24, 2.45) is 0 Å². The third-order valence-corrected chi connectivity index (χ3v) is 3.56. The molecular weight excluding hydrogens is 205 g/mol. The molecule has 0 aliphatic carbocycles. The van der Waals surface area contributed by atoms with Gasteiger partial charge in [0.2, 0.25) is 0 Å². The molecule has 1 rings (SSSR count). The van der Waals surface area contributed by atoms with Crippen molar-refractivity contribution in [3.8, 4) is 0 Å². The molecule has 7 heteroatoms. The van der Waals surface area contributed by atoms with E-state index in [4.69, 9.17) is 0 Å². The topological polar surface area (TPSA) is 80.7 Å². The van der Waals surface area contributed by atoms with E-state index < -0.39 is 15.1 Å². The molecule has 0 amide bonds. The van der Waals surface area contributed by atoms with E-state index in [2.05, 4.69) is 0 Å². The average Bonchev–Trinajstić information content (AvgIpc) is 2.06. The van der Waals surface area contributed by atoms with Gasteiger partial charge in [-0.3, -0.25) is 4.90 Å². The molecule has 13 heavy (non-hydrogen) atoms. The Bertz CT molecular complexity index is 268. The smallest absolute Gasteiger partial charge is 0.746 e. The summed E-state index contributed by atoms with van der Waals surface area (Å²) < 4.78 is 31.8. The van der Waals surface area contributed by atoms with Gasteiger partial charge in [0.25, 0.3) is 0 Å². The van der Waals surface area contributed by atoms with Crippen LogP contribution in [0.2, 0.25) is 0 Å². The number of rotatable bonds is 1. The predicted molar refractivity (Wildman–Crippen MR) is 41.4 cm³/mol. The van der Waals surface area contributed by atoms with Gasteiger partial charge in [-0.1, -0.05) is 0 Å². The Morgan fingerprint density at radius 2 is 2.08 bits per heavy atom.